The Kier molecular flexibility index (Phi) is 3.95. The molecule has 0 radical (unpaired) electrons. The Morgan fingerprint density at radius 2 is 1.40 bits per heavy atom. The lowest BCUT2D eigenvalue weighted by Crippen LogP contribution is -1.91. The number of hydrogen-bond donors (Lipinski definition) is 0. The van der Waals surface area contributed by atoms with Crippen molar-refractivity contribution >= 4 is 22.8 Å². The van der Waals surface area contributed by atoms with E-state index >= 15 is 0 Å². The van der Waals surface area contributed by atoms with Gasteiger partial charge in [0.2, 0.25) is 0 Å². The summed E-state index contributed by atoms with van der Waals surface area (Å²) < 4.78 is 2.22. The van der Waals surface area contributed by atoms with Crippen molar-refractivity contribution in [3.8, 4) is 11.1 Å². The zero-order valence-corrected chi connectivity index (χ0v) is 14.5. The van der Waals surface area contributed by atoms with Crippen LogP contribution in [-0.4, -0.2) is 10.8 Å². The van der Waals surface area contributed by atoms with Crippen LogP contribution in [0.5, 0.6) is 0 Å². The van der Waals surface area contributed by atoms with E-state index in [0.29, 0.717) is 0 Å². The van der Waals surface area contributed by atoms with Gasteiger partial charge in [-0.25, -0.2) is 0 Å². The van der Waals surface area contributed by atoms with Crippen LogP contribution < -0.4 is 0 Å². The number of rotatable bonds is 3. The molecule has 0 N–H and O–H groups in total. The maximum absolute atomic E-state index is 4.70. The summed E-state index contributed by atoms with van der Waals surface area (Å²) in [6, 6.07) is 27.2. The van der Waals surface area contributed by atoms with Crippen molar-refractivity contribution < 1.29 is 0 Å². The second-order valence-electron chi connectivity index (χ2n) is 6.25. The summed E-state index contributed by atoms with van der Waals surface area (Å²) in [4.78, 5) is 4.70. The van der Waals surface area contributed by atoms with E-state index in [2.05, 4.69) is 91.3 Å². The molecular formula is C23H20N2. The first kappa shape index (κ1) is 15.4. The van der Waals surface area contributed by atoms with Crippen molar-refractivity contribution in [2.45, 2.75) is 6.92 Å². The van der Waals surface area contributed by atoms with Crippen LogP contribution in [0.4, 0.5) is 5.69 Å². The molecule has 0 spiro atoms. The van der Waals surface area contributed by atoms with E-state index in [1.165, 1.54) is 33.3 Å². The van der Waals surface area contributed by atoms with E-state index in [1.807, 2.05) is 12.3 Å². The van der Waals surface area contributed by atoms with Gasteiger partial charge in [-0.2, -0.15) is 0 Å². The maximum Gasteiger partial charge on any atom is 0.0630 e. The highest BCUT2D eigenvalue weighted by Crippen LogP contribution is 2.25. The fourth-order valence-corrected chi connectivity index (χ4v) is 3.22. The van der Waals surface area contributed by atoms with Crippen LogP contribution in [0.2, 0.25) is 0 Å². The zero-order chi connectivity index (χ0) is 17.2. The molecule has 0 fully saturated rings. The first-order chi connectivity index (χ1) is 12.2. The average Bonchev–Trinajstić information content (AvgIpc) is 2.92. The number of nitrogens with zero attached hydrogens (tertiary/aromatic N) is 2. The van der Waals surface area contributed by atoms with Gasteiger partial charge in [-0.05, 0) is 36.2 Å². The first-order valence-electron chi connectivity index (χ1n) is 8.47. The minimum absolute atomic E-state index is 0.965. The van der Waals surface area contributed by atoms with Gasteiger partial charge in [0.05, 0.1) is 5.69 Å². The Labute approximate surface area is 148 Å². The van der Waals surface area contributed by atoms with Crippen LogP contribution in [0.3, 0.4) is 0 Å². The third kappa shape index (κ3) is 2.87. The molecule has 0 aliphatic rings. The average molecular weight is 324 g/mol. The molecule has 2 heteroatoms. The van der Waals surface area contributed by atoms with Crippen LogP contribution in [0.25, 0.3) is 22.0 Å². The fraction of sp³-hybridized carbons (Fsp3) is 0.0870. The predicted octanol–water partition coefficient (Wildman–Crippen LogP) is 5.90. The first-order valence-corrected chi connectivity index (χ1v) is 8.47. The highest BCUT2D eigenvalue weighted by Gasteiger charge is 2.09. The zero-order valence-electron chi connectivity index (χ0n) is 14.5. The summed E-state index contributed by atoms with van der Waals surface area (Å²) in [6.07, 6.45) is 1.98. The lowest BCUT2D eigenvalue weighted by Gasteiger charge is -2.02. The summed E-state index contributed by atoms with van der Waals surface area (Å²) in [6.45, 7) is 2.14. The van der Waals surface area contributed by atoms with Gasteiger partial charge in [-0.15, -0.1) is 0 Å². The topological polar surface area (TPSA) is 17.3 Å². The molecule has 2 nitrogen and oxygen atoms in total. The number of benzene rings is 3. The number of hydrogen-bond acceptors (Lipinski definition) is 1. The second kappa shape index (κ2) is 6.40. The van der Waals surface area contributed by atoms with Gasteiger partial charge >= 0.3 is 0 Å². The van der Waals surface area contributed by atoms with Gasteiger partial charge in [0.25, 0.3) is 0 Å². The third-order valence-electron chi connectivity index (χ3n) is 4.77. The summed E-state index contributed by atoms with van der Waals surface area (Å²) in [7, 11) is 2.10. The monoisotopic (exact) mass is 324 g/mol. The Morgan fingerprint density at radius 1 is 0.760 bits per heavy atom. The summed E-state index contributed by atoms with van der Waals surface area (Å²) in [5, 5.41) is 1.24. The number of fused-ring (bicyclic) bond motifs is 1. The van der Waals surface area contributed by atoms with Gasteiger partial charge < -0.3 is 4.57 Å². The molecule has 3 aromatic carbocycles. The number of aromatic nitrogens is 1. The predicted molar refractivity (Wildman–Crippen MR) is 107 cm³/mol. The molecule has 0 saturated carbocycles. The Bertz CT molecular complexity index is 1040. The molecule has 0 saturated heterocycles. The molecule has 0 aliphatic heterocycles. The molecule has 0 unspecified atom stereocenters. The van der Waals surface area contributed by atoms with Crippen molar-refractivity contribution in [3.63, 3.8) is 0 Å². The normalized spacial score (nSPS) is 11.4. The second-order valence-corrected chi connectivity index (χ2v) is 6.25. The van der Waals surface area contributed by atoms with Crippen molar-refractivity contribution in [2.75, 3.05) is 0 Å². The molecule has 1 heterocycles. The van der Waals surface area contributed by atoms with Crippen LogP contribution in [0.15, 0.2) is 83.9 Å². The van der Waals surface area contributed by atoms with Gasteiger partial charge in [0.1, 0.15) is 0 Å². The van der Waals surface area contributed by atoms with E-state index in [1.54, 1.807) is 0 Å². The largest absolute Gasteiger partial charge is 0.347 e. The van der Waals surface area contributed by atoms with Crippen LogP contribution >= 0.6 is 0 Å². The van der Waals surface area contributed by atoms with Gasteiger partial charge in [0.15, 0.2) is 0 Å². The van der Waals surface area contributed by atoms with E-state index in [9.17, 15) is 0 Å². The lowest BCUT2D eigenvalue weighted by molar-refractivity contribution is 0.917. The van der Waals surface area contributed by atoms with Gasteiger partial charge in [0, 0.05) is 35.4 Å². The van der Waals surface area contributed by atoms with Crippen molar-refractivity contribution in [3.05, 3.63) is 90.1 Å². The van der Waals surface area contributed by atoms with Crippen LogP contribution in [0.1, 0.15) is 11.3 Å². The highest BCUT2D eigenvalue weighted by molar-refractivity contribution is 6.01. The molecule has 25 heavy (non-hydrogen) atoms. The molecule has 0 bridgehead atoms. The van der Waals surface area contributed by atoms with Crippen molar-refractivity contribution in [2.24, 2.45) is 12.0 Å². The molecule has 122 valence electrons. The fourth-order valence-electron chi connectivity index (χ4n) is 3.22. The molecule has 4 rings (SSSR count). The number of aryl methyl sites for hydroxylation is 1. The quantitative estimate of drug-likeness (QED) is 0.417. The summed E-state index contributed by atoms with van der Waals surface area (Å²) in [5.41, 5.74) is 7.05. The van der Waals surface area contributed by atoms with E-state index < -0.39 is 0 Å². The minimum Gasteiger partial charge on any atom is -0.347 e. The van der Waals surface area contributed by atoms with E-state index in [4.69, 9.17) is 4.99 Å². The highest BCUT2D eigenvalue weighted by atomic mass is 14.9. The molecule has 0 aliphatic carbocycles. The lowest BCUT2D eigenvalue weighted by atomic mass is 10.1. The third-order valence-corrected chi connectivity index (χ3v) is 4.77. The van der Waals surface area contributed by atoms with Crippen molar-refractivity contribution in [1.29, 1.82) is 0 Å². The van der Waals surface area contributed by atoms with Crippen molar-refractivity contribution in [1.82, 2.24) is 4.57 Å². The van der Waals surface area contributed by atoms with Crippen LogP contribution in [0, 0.1) is 6.92 Å². The molecule has 0 atom stereocenters. The molecular weight excluding hydrogens is 304 g/mol. The number of aliphatic imine (C=N–C) groups is 1. The Balaban J connectivity index is 1.66. The number of para-hydroxylation sites is 1. The van der Waals surface area contributed by atoms with Crippen LogP contribution in [-0.2, 0) is 7.05 Å². The SMILES string of the molecule is Cc1c(C=Nc2ccc(-c3ccccc3)cc2)c2ccccc2n1C. The molecule has 4 aromatic rings. The standard InChI is InChI=1S/C23H20N2/c1-17-22(21-10-6-7-11-23(21)25(17)2)16-24-20-14-12-19(13-15-20)18-8-4-3-5-9-18/h3-16H,1-2H3. The maximum atomic E-state index is 4.70. The molecule has 0 amide bonds. The van der Waals surface area contributed by atoms with E-state index in [0.717, 1.165) is 5.69 Å². The minimum atomic E-state index is 0.965. The Morgan fingerprint density at radius 3 is 2.16 bits per heavy atom. The van der Waals surface area contributed by atoms with Gasteiger partial charge in [-0.1, -0.05) is 60.7 Å². The summed E-state index contributed by atoms with van der Waals surface area (Å²) >= 11 is 0. The smallest absolute Gasteiger partial charge is 0.0630 e. The molecule has 1 aromatic heterocycles. The summed E-state index contributed by atoms with van der Waals surface area (Å²) in [5.74, 6) is 0. The Hall–Kier alpha value is -3.13. The van der Waals surface area contributed by atoms with E-state index in [-0.39, 0.29) is 0 Å². The van der Waals surface area contributed by atoms with Gasteiger partial charge in [-0.3, -0.25) is 4.99 Å².